The summed E-state index contributed by atoms with van der Waals surface area (Å²) in [4.78, 5) is 28.4. The maximum atomic E-state index is 12.6. The third kappa shape index (κ3) is 4.92. The summed E-state index contributed by atoms with van der Waals surface area (Å²) in [7, 11) is 0. The van der Waals surface area contributed by atoms with Gasteiger partial charge in [0.05, 0.1) is 18.1 Å². The van der Waals surface area contributed by atoms with Crippen molar-refractivity contribution in [3.8, 4) is 0 Å². The van der Waals surface area contributed by atoms with E-state index in [1.807, 2.05) is 19.2 Å². The molecule has 0 aliphatic rings. The molecule has 3 N–H and O–H groups in total. The lowest BCUT2D eigenvalue weighted by atomic mass is 10.2. The number of rotatable bonds is 8. The lowest BCUT2D eigenvalue weighted by molar-refractivity contribution is -0.139. The summed E-state index contributed by atoms with van der Waals surface area (Å²) >= 11 is 2.48. The minimum Gasteiger partial charge on any atom is -0.465 e. The molecule has 11 heteroatoms. The van der Waals surface area contributed by atoms with Crippen LogP contribution in [0, 0.1) is 6.92 Å². The van der Waals surface area contributed by atoms with E-state index in [0.29, 0.717) is 23.3 Å². The van der Waals surface area contributed by atoms with Gasteiger partial charge in [-0.05, 0) is 20.3 Å². The molecule has 2 aromatic heterocycles. The van der Waals surface area contributed by atoms with Crippen LogP contribution in [-0.2, 0) is 14.3 Å². The highest BCUT2D eigenvalue weighted by Gasteiger charge is 2.26. The van der Waals surface area contributed by atoms with Crippen molar-refractivity contribution in [2.45, 2.75) is 38.4 Å². The molecular weight excluding hydrogens is 364 g/mol. The lowest BCUT2D eigenvalue weighted by Gasteiger charge is -2.18. The van der Waals surface area contributed by atoms with Crippen molar-refractivity contribution in [2.24, 2.45) is 0 Å². The molecule has 2 heterocycles. The number of nitrogens with two attached hydrogens (primary N) is 1. The van der Waals surface area contributed by atoms with E-state index < -0.39 is 6.04 Å². The third-order valence-corrected chi connectivity index (χ3v) is 4.96. The standard InChI is InChI=1S/C14H20N6O3S2/c1-4-9(11(22)17-13-16-8(3)6-24-13)20-12(15)18-19-14(20)25-7-10(21)23-5-2/h6,9H,4-5,7H2,1-3H3,(H2,15,18)(H,16,17,22). The molecule has 1 amide bonds. The van der Waals surface area contributed by atoms with E-state index in [1.165, 1.54) is 15.9 Å². The van der Waals surface area contributed by atoms with Crippen LogP contribution in [0.3, 0.4) is 0 Å². The van der Waals surface area contributed by atoms with Gasteiger partial charge in [-0.3, -0.25) is 14.2 Å². The van der Waals surface area contributed by atoms with Crippen LogP contribution in [0.25, 0.3) is 0 Å². The van der Waals surface area contributed by atoms with Gasteiger partial charge in [0.25, 0.3) is 0 Å². The van der Waals surface area contributed by atoms with E-state index in [9.17, 15) is 9.59 Å². The molecule has 0 aliphatic carbocycles. The number of thioether (sulfide) groups is 1. The Balaban J connectivity index is 2.14. The minimum atomic E-state index is -0.607. The summed E-state index contributed by atoms with van der Waals surface area (Å²) < 4.78 is 6.42. The summed E-state index contributed by atoms with van der Waals surface area (Å²) in [6.07, 6.45) is 0.478. The number of ether oxygens (including phenoxy) is 1. The first-order chi connectivity index (χ1) is 12.0. The van der Waals surface area contributed by atoms with E-state index >= 15 is 0 Å². The number of esters is 1. The van der Waals surface area contributed by atoms with Crippen molar-refractivity contribution >= 4 is 46.1 Å². The zero-order valence-electron chi connectivity index (χ0n) is 14.2. The molecule has 0 aromatic carbocycles. The number of nitrogen functional groups attached to an aromatic ring is 1. The molecule has 0 bridgehead atoms. The molecule has 1 unspecified atom stereocenters. The van der Waals surface area contributed by atoms with Gasteiger partial charge in [-0.25, -0.2) is 4.98 Å². The number of amides is 1. The van der Waals surface area contributed by atoms with E-state index in [2.05, 4.69) is 20.5 Å². The van der Waals surface area contributed by atoms with E-state index in [4.69, 9.17) is 10.5 Å². The second-order valence-corrected chi connectivity index (χ2v) is 6.81. The molecular formula is C14H20N6O3S2. The fourth-order valence-electron chi connectivity index (χ4n) is 2.09. The summed E-state index contributed by atoms with van der Waals surface area (Å²) in [5, 5.41) is 13.3. The Bertz CT molecular complexity index is 745. The number of aromatic nitrogens is 4. The van der Waals surface area contributed by atoms with Crippen molar-refractivity contribution < 1.29 is 14.3 Å². The van der Waals surface area contributed by atoms with Crippen LogP contribution in [0.15, 0.2) is 10.5 Å². The highest BCUT2D eigenvalue weighted by Crippen LogP contribution is 2.26. The second-order valence-electron chi connectivity index (χ2n) is 5.01. The fraction of sp³-hybridized carbons (Fsp3) is 0.500. The zero-order chi connectivity index (χ0) is 18.4. The number of nitrogens with one attached hydrogen (secondary N) is 1. The van der Waals surface area contributed by atoms with Gasteiger partial charge in [0, 0.05) is 5.38 Å². The summed E-state index contributed by atoms with van der Waals surface area (Å²) in [6.45, 7) is 5.75. The molecule has 9 nitrogen and oxygen atoms in total. The van der Waals surface area contributed by atoms with Crippen molar-refractivity contribution in [3.63, 3.8) is 0 Å². The highest BCUT2D eigenvalue weighted by atomic mass is 32.2. The van der Waals surface area contributed by atoms with Crippen LogP contribution >= 0.6 is 23.1 Å². The first-order valence-electron chi connectivity index (χ1n) is 7.68. The third-order valence-electron chi connectivity index (χ3n) is 3.17. The highest BCUT2D eigenvalue weighted by molar-refractivity contribution is 7.99. The second kappa shape index (κ2) is 8.81. The average molecular weight is 384 g/mol. The maximum Gasteiger partial charge on any atom is 0.316 e. The lowest BCUT2D eigenvalue weighted by Crippen LogP contribution is -2.27. The summed E-state index contributed by atoms with van der Waals surface area (Å²) in [5.41, 5.74) is 6.72. The zero-order valence-corrected chi connectivity index (χ0v) is 15.8. The number of nitrogens with zero attached hydrogens (tertiary/aromatic N) is 4. The van der Waals surface area contributed by atoms with Crippen LogP contribution < -0.4 is 11.1 Å². The van der Waals surface area contributed by atoms with E-state index in [0.717, 1.165) is 17.5 Å². The number of carbonyl (C=O) groups is 2. The van der Waals surface area contributed by atoms with Crippen molar-refractivity contribution in [1.82, 2.24) is 19.7 Å². The Morgan fingerprint density at radius 2 is 2.20 bits per heavy atom. The monoisotopic (exact) mass is 384 g/mol. The molecule has 2 rings (SSSR count). The Kier molecular flexibility index (Phi) is 6.76. The largest absolute Gasteiger partial charge is 0.465 e. The molecule has 136 valence electrons. The number of carbonyl (C=O) groups excluding carboxylic acids is 2. The van der Waals surface area contributed by atoms with Gasteiger partial charge in [0.15, 0.2) is 10.3 Å². The van der Waals surface area contributed by atoms with Gasteiger partial charge < -0.3 is 15.8 Å². The van der Waals surface area contributed by atoms with Crippen LogP contribution in [0.2, 0.25) is 0 Å². The maximum absolute atomic E-state index is 12.6. The Labute approximate surface area is 153 Å². The first kappa shape index (κ1) is 19.2. The van der Waals surface area contributed by atoms with Crippen LogP contribution in [0.4, 0.5) is 11.1 Å². The Morgan fingerprint density at radius 3 is 2.80 bits per heavy atom. The fourth-order valence-corrected chi connectivity index (χ4v) is 3.57. The Hall–Kier alpha value is -2.14. The number of anilines is 2. The van der Waals surface area contributed by atoms with Crippen molar-refractivity contribution in [3.05, 3.63) is 11.1 Å². The number of hydrogen-bond donors (Lipinski definition) is 2. The molecule has 0 saturated carbocycles. The topological polar surface area (TPSA) is 125 Å². The molecule has 2 aromatic rings. The Morgan fingerprint density at radius 1 is 1.44 bits per heavy atom. The smallest absolute Gasteiger partial charge is 0.316 e. The molecule has 0 saturated heterocycles. The molecule has 0 fully saturated rings. The van der Waals surface area contributed by atoms with Crippen LogP contribution in [0.5, 0.6) is 0 Å². The number of hydrogen-bond acceptors (Lipinski definition) is 9. The summed E-state index contributed by atoms with van der Waals surface area (Å²) in [6, 6.07) is -0.607. The van der Waals surface area contributed by atoms with Gasteiger partial charge in [-0.1, -0.05) is 18.7 Å². The first-order valence-corrected chi connectivity index (χ1v) is 9.54. The van der Waals surface area contributed by atoms with Gasteiger partial charge in [0.1, 0.15) is 6.04 Å². The van der Waals surface area contributed by atoms with Gasteiger partial charge >= 0.3 is 5.97 Å². The van der Waals surface area contributed by atoms with E-state index in [-0.39, 0.29) is 23.6 Å². The number of aryl methyl sites for hydroxylation is 1. The van der Waals surface area contributed by atoms with Crippen LogP contribution in [-0.4, -0.2) is 44.0 Å². The quantitative estimate of drug-likeness (QED) is 0.522. The van der Waals surface area contributed by atoms with Crippen molar-refractivity contribution in [1.29, 1.82) is 0 Å². The SMILES string of the molecule is CCOC(=O)CSc1nnc(N)n1C(CC)C(=O)Nc1nc(C)cs1. The molecule has 0 spiro atoms. The minimum absolute atomic E-state index is 0.0652. The van der Waals surface area contributed by atoms with Crippen molar-refractivity contribution in [2.75, 3.05) is 23.4 Å². The molecule has 1 atom stereocenters. The normalized spacial score (nSPS) is 12.0. The van der Waals surface area contributed by atoms with Gasteiger partial charge in [-0.15, -0.1) is 21.5 Å². The summed E-state index contributed by atoms with van der Waals surface area (Å²) in [5.74, 6) is -0.447. The van der Waals surface area contributed by atoms with E-state index in [1.54, 1.807) is 6.92 Å². The average Bonchev–Trinajstić information content (AvgIpc) is 3.13. The molecule has 0 radical (unpaired) electrons. The predicted molar refractivity (Wildman–Crippen MR) is 96.6 cm³/mol. The van der Waals surface area contributed by atoms with Crippen LogP contribution in [0.1, 0.15) is 32.0 Å². The van der Waals surface area contributed by atoms with Gasteiger partial charge in [0.2, 0.25) is 11.9 Å². The predicted octanol–water partition coefficient (Wildman–Crippen LogP) is 1.87. The molecule has 0 aliphatic heterocycles. The van der Waals surface area contributed by atoms with Gasteiger partial charge in [-0.2, -0.15) is 0 Å². The molecule has 25 heavy (non-hydrogen) atoms. The number of thiazole rings is 1.